The topological polar surface area (TPSA) is 12.0 Å². The molecule has 0 aliphatic heterocycles. The maximum atomic E-state index is 3.46. The van der Waals surface area contributed by atoms with E-state index in [1.54, 1.807) is 11.8 Å². The number of benzene rings is 2. The van der Waals surface area contributed by atoms with Gasteiger partial charge in [0.15, 0.2) is 0 Å². The first-order valence-corrected chi connectivity index (χ1v) is 7.88. The second-order valence-corrected chi connectivity index (χ2v) is 5.86. The molecule has 0 bridgehead atoms. The molecule has 0 heterocycles. The molecule has 0 amide bonds. The summed E-state index contributed by atoms with van der Waals surface area (Å²) in [5.74, 6) is 0.591. The van der Waals surface area contributed by atoms with Crippen molar-refractivity contribution < 1.29 is 0 Å². The summed E-state index contributed by atoms with van der Waals surface area (Å²) in [5, 5.41) is 3.46. The lowest BCUT2D eigenvalue weighted by Gasteiger charge is -2.09. The van der Waals surface area contributed by atoms with Crippen LogP contribution in [0.3, 0.4) is 0 Å². The van der Waals surface area contributed by atoms with E-state index in [0.717, 1.165) is 6.54 Å². The first-order chi connectivity index (χ1) is 9.19. The van der Waals surface area contributed by atoms with E-state index in [4.69, 9.17) is 0 Å². The van der Waals surface area contributed by atoms with Crippen molar-refractivity contribution in [3.05, 3.63) is 59.7 Å². The van der Waals surface area contributed by atoms with Crippen LogP contribution < -0.4 is 5.32 Å². The quantitative estimate of drug-likeness (QED) is 0.755. The van der Waals surface area contributed by atoms with Crippen molar-refractivity contribution in [3.8, 4) is 0 Å². The lowest BCUT2D eigenvalue weighted by Crippen LogP contribution is -1.99. The molecule has 0 atom stereocenters. The zero-order chi connectivity index (χ0) is 13.7. The van der Waals surface area contributed by atoms with Crippen molar-refractivity contribution in [2.45, 2.75) is 31.2 Å². The Labute approximate surface area is 120 Å². The van der Waals surface area contributed by atoms with Gasteiger partial charge in [-0.05, 0) is 47.6 Å². The van der Waals surface area contributed by atoms with Crippen molar-refractivity contribution in [1.82, 2.24) is 0 Å². The molecule has 100 valence electrons. The van der Waals surface area contributed by atoms with Gasteiger partial charge in [0, 0.05) is 17.1 Å². The molecule has 0 radical (unpaired) electrons. The second-order valence-electron chi connectivity index (χ2n) is 4.98. The van der Waals surface area contributed by atoms with Gasteiger partial charge in [-0.25, -0.2) is 0 Å². The molecule has 0 saturated carbocycles. The van der Waals surface area contributed by atoms with Gasteiger partial charge in [-0.3, -0.25) is 0 Å². The number of hydrogen-bond donors (Lipinski definition) is 1. The monoisotopic (exact) mass is 271 g/mol. The summed E-state index contributed by atoms with van der Waals surface area (Å²) in [6, 6.07) is 17.4. The van der Waals surface area contributed by atoms with Gasteiger partial charge in [-0.15, -0.1) is 11.8 Å². The molecule has 2 heteroatoms. The lowest BCUT2D eigenvalue weighted by atomic mass is 10.0. The molecule has 0 aromatic heterocycles. The molecule has 19 heavy (non-hydrogen) atoms. The predicted octanol–water partition coefficient (Wildman–Crippen LogP) is 5.14. The largest absolute Gasteiger partial charge is 0.381 e. The molecule has 0 spiro atoms. The van der Waals surface area contributed by atoms with Crippen LogP contribution in [0, 0.1) is 0 Å². The van der Waals surface area contributed by atoms with Gasteiger partial charge in [0.05, 0.1) is 0 Å². The van der Waals surface area contributed by atoms with Crippen LogP contribution in [0.1, 0.15) is 30.9 Å². The van der Waals surface area contributed by atoms with E-state index in [1.165, 1.54) is 21.7 Å². The predicted molar refractivity (Wildman–Crippen MR) is 86.1 cm³/mol. The van der Waals surface area contributed by atoms with Gasteiger partial charge in [0.1, 0.15) is 0 Å². The molecule has 2 rings (SSSR count). The van der Waals surface area contributed by atoms with E-state index >= 15 is 0 Å². The third-order valence-electron chi connectivity index (χ3n) is 3.23. The summed E-state index contributed by atoms with van der Waals surface area (Å²) >= 11 is 1.78. The number of hydrogen-bond acceptors (Lipinski definition) is 2. The minimum absolute atomic E-state index is 0.591. The minimum Gasteiger partial charge on any atom is -0.381 e. The SMILES string of the molecule is CSc1ccc(CNc2ccc(C(C)C)cc2)cc1. The average molecular weight is 271 g/mol. The van der Waals surface area contributed by atoms with Crippen molar-refractivity contribution in [2.75, 3.05) is 11.6 Å². The van der Waals surface area contributed by atoms with Crippen LogP contribution in [0.5, 0.6) is 0 Å². The summed E-state index contributed by atoms with van der Waals surface area (Å²) in [4.78, 5) is 1.31. The highest BCUT2D eigenvalue weighted by Crippen LogP contribution is 2.18. The molecule has 0 fully saturated rings. The third-order valence-corrected chi connectivity index (χ3v) is 3.98. The molecule has 0 saturated heterocycles. The summed E-state index contributed by atoms with van der Waals surface area (Å²) in [6.07, 6.45) is 2.10. The molecule has 0 aliphatic carbocycles. The molecule has 1 N–H and O–H groups in total. The zero-order valence-electron chi connectivity index (χ0n) is 11.8. The van der Waals surface area contributed by atoms with E-state index in [-0.39, 0.29) is 0 Å². The fraction of sp³-hybridized carbons (Fsp3) is 0.294. The molecular weight excluding hydrogens is 250 g/mol. The van der Waals surface area contributed by atoms with Crippen LogP contribution in [-0.4, -0.2) is 6.26 Å². The van der Waals surface area contributed by atoms with Crippen molar-refractivity contribution in [2.24, 2.45) is 0 Å². The van der Waals surface area contributed by atoms with Gasteiger partial charge >= 0.3 is 0 Å². The molecule has 1 nitrogen and oxygen atoms in total. The van der Waals surface area contributed by atoms with Crippen LogP contribution >= 0.6 is 11.8 Å². The molecule has 2 aromatic carbocycles. The van der Waals surface area contributed by atoms with E-state index in [2.05, 4.69) is 74.0 Å². The van der Waals surface area contributed by atoms with Gasteiger partial charge in [-0.2, -0.15) is 0 Å². The average Bonchev–Trinajstić information content (AvgIpc) is 2.46. The summed E-state index contributed by atoms with van der Waals surface area (Å²) in [7, 11) is 0. The lowest BCUT2D eigenvalue weighted by molar-refractivity contribution is 0.867. The number of thioether (sulfide) groups is 1. The van der Waals surface area contributed by atoms with Crippen molar-refractivity contribution in [3.63, 3.8) is 0 Å². The molecule has 2 aromatic rings. The van der Waals surface area contributed by atoms with Crippen LogP contribution in [0.2, 0.25) is 0 Å². The minimum atomic E-state index is 0.591. The third kappa shape index (κ3) is 4.03. The molecule has 0 aliphatic rings. The van der Waals surface area contributed by atoms with Crippen LogP contribution in [0.4, 0.5) is 5.69 Å². The van der Waals surface area contributed by atoms with Gasteiger partial charge in [0.25, 0.3) is 0 Å². The van der Waals surface area contributed by atoms with E-state index in [9.17, 15) is 0 Å². The Bertz CT molecular complexity index is 500. The Kier molecular flexibility index (Phi) is 4.92. The number of anilines is 1. The van der Waals surface area contributed by atoms with Crippen LogP contribution in [0.15, 0.2) is 53.4 Å². The highest BCUT2D eigenvalue weighted by molar-refractivity contribution is 7.98. The maximum Gasteiger partial charge on any atom is 0.0400 e. The normalized spacial score (nSPS) is 10.7. The summed E-state index contributed by atoms with van der Waals surface area (Å²) in [5.41, 5.74) is 3.87. The van der Waals surface area contributed by atoms with E-state index in [1.807, 2.05) is 0 Å². The Morgan fingerprint density at radius 3 is 2.11 bits per heavy atom. The standard InChI is InChI=1S/C17H21NS/c1-13(2)15-6-8-16(9-7-15)18-12-14-4-10-17(19-3)11-5-14/h4-11,13,18H,12H2,1-3H3. The number of nitrogens with one attached hydrogen (secondary N) is 1. The van der Waals surface area contributed by atoms with Crippen LogP contribution in [0.25, 0.3) is 0 Å². The van der Waals surface area contributed by atoms with Gasteiger partial charge < -0.3 is 5.32 Å². The first kappa shape index (κ1) is 14.0. The van der Waals surface area contributed by atoms with Gasteiger partial charge in [0.2, 0.25) is 0 Å². The maximum absolute atomic E-state index is 3.46. The summed E-state index contributed by atoms with van der Waals surface area (Å²) in [6.45, 7) is 5.31. The van der Waals surface area contributed by atoms with E-state index in [0.29, 0.717) is 5.92 Å². The second kappa shape index (κ2) is 6.67. The van der Waals surface area contributed by atoms with Gasteiger partial charge in [-0.1, -0.05) is 38.1 Å². The van der Waals surface area contributed by atoms with Crippen molar-refractivity contribution in [1.29, 1.82) is 0 Å². The highest BCUT2D eigenvalue weighted by atomic mass is 32.2. The molecular formula is C17H21NS. The van der Waals surface area contributed by atoms with Crippen LogP contribution in [-0.2, 0) is 6.54 Å². The summed E-state index contributed by atoms with van der Waals surface area (Å²) < 4.78 is 0. The molecule has 0 unspecified atom stereocenters. The van der Waals surface area contributed by atoms with Crippen molar-refractivity contribution >= 4 is 17.4 Å². The fourth-order valence-corrected chi connectivity index (χ4v) is 2.34. The number of rotatable bonds is 5. The Hall–Kier alpha value is -1.41. The van der Waals surface area contributed by atoms with E-state index < -0.39 is 0 Å². The zero-order valence-corrected chi connectivity index (χ0v) is 12.6. The Balaban J connectivity index is 1.94. The highest BCUT2D eigenvalue weighted by Gasteiger charge is 1.99. The Morgan fingerprint density at radius 1 is 0.947 bits per heavy atom. The first-order valence-electron chi connectivity index (χ1n) is 6.66. The Morgan fingerprint density at radius 2 is 1.58 bits per heavy atom. The fourth-order valence-electron chi connectivity index (χ4n) is 1.93. The smallest absolute Gasteiger partial charge is 0.0400 e.